The number of anilines is 1. The summed E-state index contributed by atoms with van der Waals surface area (Å²) in [6.07, 6.45) is 0.856. The SMILES string of the molecule is CCc1cc(NC(=O)C2COCC2N)n[nH]1. The molecule has 1 aromatic heterocycles. The van der Waals surface area contributed by atoms with Crippen molar-refractivity contribution in [3.8, 4) is 0 Å². The van der Waals surface area contributed by atoms with E-state index in [1.54, 1.807) is 0 Å². The second-order valence-electron chi connectivity index (χ2n) is 3.93. The number of amides is 1. The van der Waals surface area contributed by atoms with E-state index in [0.717, 1.165) is 12.1 Å². The van der Waals surface area contributed by atoms with Crippen LogP contribution in [0.3, 0.4) is 0 Å². The van der Waals surface area contributed by atoms with Gasteiger partial charge < -0.3 is 15.8 Å². The molecule has 2 heterocycles. The minimum absolute atomic E-state index is 0.126. The van der Waals surface area contributed by atoms with E-state index in [9.17, 15) is 4.79 Å². The lowest BCUT2D eigenvalue weighted by atomic mass is 10.0. The zero-order valence-electron chi connectivity index (χ0n) is 9.19. The smallest absolute Gasteiger partial charge is 0.232 e. The van der Waals surface area contributed by atoms with Gasteiger partial charge in [0.05, 0.1) is 19.1 Å². The Morgan fingerprint density at radius 2 is 2.56 bits per heavy atom. The van der Waals surface area contributed by atoms with Crippen molar-refractivity contribution in [2.75, 3.05) is 18.5 Å². The summed E-state index contributed by atoms with van der Waals surface area (Å²) >= 11 is 0. The molecule has 1 aromatic rings. The highest BCUT2D eigenvalue weighted by atomic mass is 16.5. The Hall–Kier alpha value is -1.40. The number of rotatable bonds is 3. The number of carbonyl (C=O) groups excluding carboxylic acids is 1. The summed E-state index contributed by atoms with van der Waals surface area (Å²) in [5, 5.41) is 9.55. The van der Waals surface area contributed by atoms with Gasteiger partial charge in [-0.25, -0.2) is 0 Å². The number of carbonyl (C=O) groups is 1. The summed E-state index contributed by atoms with van der Waals surface area (Å²) in [6, 6.07) is 1.60. The highest BCUT2D eigenvalue weighted by molar-refractivity contribution is 5.92. The molecule has 0 saturated carbocycles. The maximum absolute atomic E-state index is 11.8. The van der Waals surface area contributed by atoms with Gasteiger partial charge in [0.25, 0.3) is 0 Å². The number of nitrogens with zero attached hydrogens (tertiary/aromatic N) is 1. The minimum atomic E-state index is -0.276. The number of aryl methyl sites for hydroxylation is 1. The van der Waals surface area contributed by atoms with Gasteiger partial charge in [-0.05, 0) is 6.42 Å². The lowest BCUT2D eigenvalue weighted by Gasteiger charge is -2.11. The zero-order chi connectivity index (χ0) is 11.5. The number of aromatic nitrogens is 2. The average molecular weight is 224 g/mol. The van der Waals surface area contributed by atoms with Crippen LogP contribution in [0.1, 0.15) is 12.6 Å². The summed E-state index contributed by atoms with van der Waals surface area (Å²) in [5.41, 5.74) is 6.74. The van der Waals surface area contributed by atoms with Gasteiger partial charge in [-0.1, -0.05) is 6.92 Å². The fraction of sp³-hybridized carbons (Fsp3) is 0.600. The van der Waals surface area contributed by atoms with Crippen molar-refractivity contribution in [2.45, 2.75) is 19.4 Å². The molecule has 2 unspecified atom stereocenters. The minimum Gasteiger partial charge on any atom is -0.379 e. The molecule has 1 saturated heterocycles. The van der Waals surface area contributed by atoms with Gasteiger partial charge in [0, 0.05) is 17.8 Å². The Bertz CT molecular complexity index is 377. The van der Waals surface area contributed by atoms with Crippen LogP contribution in [0.25, 0.3) is 0 Å². The molecule has 0 aromatic carbocycles. The first-order chi connectivity index (χ1) is 7.70. The van der Waals surface area contributed by atoms with Crippen LogP contribution >= 0.6 is 0 Å². The number of ether oxygens (including phenoxy) is 1. The quantitative estimate of drug-likeness (QED) is 0.667. The molecule has 1 aliphatic heterocycles. The van der Waals surface area contributed by atoms with E-state index in [4.69, 9.17) is 10.5 Å². The van der Waals surface area contributed by atoms with Gasteiger partial charge in [0.1, 0.15) is 0 Å². The van der Waals surface area contributed by atoms with Gasteiger partial charge >= 0.3 is 0 Å². The number of H-pyrrole nitrogens is 1. The highest BCUT2D eigenvalue weighted by Gasteiger charge is 2.31. The van der Waals surface area contributed by atoms with Crippen molar-refractivity contribution in [1.82, 2.24) is 10.2 Å². The van der Waals surface area contributed by atoms with Crippen LogP contribution < -0.4 is 11.1 Å². The first kappa shape index (κ1) is 11.1. The molecular weight excluding hydrogens is 208 g/mol. The molecule has 1 amide bonds. The Morgan fingerprint density at radius 1 is 1.75 bits per heavy atom. The zero-order valence-corrected chi connectivity index (χ0v) is 9.19. The predicted octanol–water partition coefficient (Wildman–Crippen LogP) is -0.116. The van der Waals surface area contributed by atoms with Gasteiger partial charge in [-0.3, -0.25) is 9.89 Å². The van der Waals surface area contributed by atoms with E-state index in [0.29, 0.717) is 19.0 Å². The maximum atomic E-state index is 11.8. The molecule has 0 spiro atoms. The van der Waals surface area contributed by atoms with Crippen molar-refractivity contribution in [3.63, 3.8) is 0 Å². The molecule has 1 aliphatic rings. The van der Waals surface area contributed by atoms with Crippen molar-refractivity contribution in [3.05, 3.63) is 11.8 Å². The Morgan fingerprint density at radius 3 is 3.12 bits per heavy atom. The van der Waals surface area contributed by atoms with Crippen molar-refractivity contribution >= 4 is 11.7 Å². The summed E-state index contributed by atoms with van der Waals surface area (Å²) in [5.74, 6) is 0.141. The first-order valence-corrected chi connectivity index (χ1v) is 5.39. The molecule has 2 rings (SSSR count). The van der Waals surface area contributed by atoms with Crippen LogP contribution in [0.4, 0.5) is 5.82 Å². The van der Waals surface area contributed by atoms with Crippen LogP contribution in [-0.4, -0.2) is 35.4 Å². The van der Waals surface area contributed by atoms with Crippen LogP contribution in [0.15, 0.2) is 6.07 Å². The molecular formula is C10H16N4O2. The molecule has 4 N–H and O–H groups in total. The van der Waals surface area contributed by atoms with Crippen LogP contribution in [-0.2, 0) is 16.0 Å². The first-order valence-electron chi connectivity index (χ1n) is 5.39. The number of hydrogen-bond donors (Lipinski definition) is 3. The second kappa shape index (κ2) is 4.63. The molecule has 6 heteroatoms. The van der Waals surface area contributed by atoms with Gasteiger partial charge in [0.15, 0.2) is 5.82 Å². The molecule has 16 heavy (non-hydrogen) atoms. The summed E-state index contributed by atoms with van der Waals surface area (Å²) in [6.45, 7) is 2.84. The third kappa shape index (κ3) is 2.23. The monoisotopic (exact) mass is 224 g/mol. The maximum Gasteiger partial charge on any atom is 0.232 e. The third-order valence-electron chi connectivity index (χ3n) is 2.72. The molecule has 1 fully saturated rings. The van der Waals surface area contributed by atoms with Crippen molar-refractivity contribution in [2.24, 2.45) is 11.7 Å². The second-order valence-corrected chi connectivity index (χ2v) is 3.93. The predicted molar refractivity (Wildman–Crippen MR) is 58.9 cm³/mol. The lowest BCUT2D eigenvalue weighted by molar-refractivity contribution is -0.120. The lowest BCUT2D eigenvalue weighted by Crippen LogP contribution is -2.37. The molecule has 0 aliphatic carbocycles. The molecule has 0 bridgehead atoms. The van der Waals surface area contributed by atoms with Gasteiger partial charge in [-0.15, -0.1) is 0 Å². The molecule has 6 nitrogen and oxygen atoms in total. The van der Waals surface area contributed by atoms with Crippen molar-refractivity contribution in [1.29, 1.82) is 0 Å². The standard InChI is InChI=1S/C10H16N4O2/c1-2-6-3-9(14-13-6)12-10(15)7-4-16-5-8(7)11/h3,7-8H,2,4-5,11H2,1H3,(H2,12,13,14,15). The van der Waals surface area contributed by atoms with E-state index >= 15 is 0 Å². The van der Waals surface area contributed by atoms with Crippen LogP contribution in [0.2, 0.25) is 0 Å². The summed E-state index contributed by atoms with van der Waals surface area (Å²) < 4.78 is 5.14. The number of hydrogen-bond acceptors (Lipinski definition) is 4. The number of nitrogens with one attached hydrogen (secondary N) is 2. The molecule has 88 valence electrons. The molecule has 2 atom stereocenters. The normalized spacial score (nSPS) is 24.6. The largest absolute Gasteiger partial charge is 0.379 e. The van der Waals surface area contributed by atoms with Crippen LogP contribution in [0.5, 0.6) is 0 Å². The Balaban J connectivity index is 1.96. The van der Waals surface area contributed by atoms with Gasteiger partial charge in [-0.2, -0.15) is 5.10 Å². The third-order valence-corrected chi connectivity index (χ3v) is 2.72. The van der Waals surface area contributed by atoms with E-state index in [1.165, 1.54) is 0 Å². The summed E-state index contributed by atoms with van der Waals surface area (Å²) in [7, 11) is 0. The topological polar surface area (TPSA) is 93.0 Å². The Labute approximate surface area is 93.5 Å². The summed E-state index contributed by atoms with van der Waals surface area (Å²) in [4.78, 5) is 11.8. The van der Waals surface area contributed by atoms with E-state index in [2.05, 4.69) is 15.5 Å². The average Bonchev–Trinajstić information content (AvgIpc) is 2.86. The van der Waals surface area contributed by atoms with E-state index < -0.39 is 0 Å². The van der Waals surface area contributed by atoms with Crippen molar-refractivity contribution < 1.29 is 9.53 Å². The number of aromatic amines is 1. The highest BCUT2D eigenvalue weighted by Crippen LogP contribution is 2.14. The van der Waals surface area contributed by atoms with Gasteiger partial charge in [0.2, 0.25) is 5.91 Å². The van der Waals surface area contributed by atoms with Crippen LogP contribution in [0, 0.1) is 5.92 Å². The van der Waals surface area contributed by atoms with E-state index in [-0.39, 0.29) is 17.9 Å². The number of nitrogens with two attached hydrogens (primary N) is 1. The fourth-order valence-electron chi connectivity index (χ4n) is 1.67. The van der Waals surface area contributed by atoms with E-state index in [1.807, 2.05) is 13.0 Å². The Kier molecular flexibility index (Phi) is 3.21. The fourth-order valence-corrected chi connectivity index (χ4v) is 1.67. The molecule has 0 radical (unpaired) electrons.